The molecule has 0 amide bonds. The summed E-state index contributed by atoms with van der Waals surface area (Å²) in [7, 11) is 0. The van der Waals surface area contributed by atoms with Gasteiger partial charge in [-0.2, -0.15) is 14.8 Å². The van der Waals surface area contributed by atoms with E-state index in [1.54, 1.807) is 24.3 Å². The molecule has 0 atom stereocenters. The number of aromatic amines is 1. The Morgan fingerprint density at radius 2 is 1.77 bits per heavy atom. The molecule has 1 N–H and O–H groups in total. The van der Waals surface area contributed by atoms with Gasteiger partial charge in [-0.1, -0.05) is 48.9 Å². The molecule has 31 heavy (non-hydrogen) atoms. The Kier molecular flexibility index (Phi) is 4.83. The maximum atomic E-state index is 15.2. The van der Waals surface area contributed by atoms with Gasteiger partial charge < -0.3 is 0 Å². The lowest BCUT2D eigenvalue weighted by molar-refractivity contribution is 0.400. The van der Waals surface area contributed by atoms with Crippen molar-refractivity contribution in [2.24, 2.45) is 5.92 Å². The standard InChI is InChI=1S/C26H19F2N3/c27-22-13-16(15-29)9-11-20(22)25(18-7-4-8-18)24(17-5-2-1-3-6-17)19-10-12-23-21(14-19)26(28)31-30-23/h1-3,5-6,9-14,18H,4,7-8H2,(H,30,31)/b25-24+. The maximum absolute atomic E-state index is 15.2. The molecule has 5 rings (SSSR count). The summed E-state index contributed by atoms with van der Waals surface area (Å²) in [6.07, 6.45) is 3.02. The molecule has 1 aliphatic rings. The molecule has 0 radical (unpaired) electrons. The highest BCUT2D eigenvalue weighted by Crippen LogP contribution is 2.46. The Morgan fingerprint density at radius 3 is 2.45 bits per heavy atom. The van der Waals surface area contributed by atoms with Gasteiger partial charge in [-0.15, -0.1) is 0 Å². The molecule has 3 aromatic carbocycles. The molecule has 1 aromatic heterocycles. The summed E-state index contributed by atoms with van der Waals surface area (Å²) in [4.78, 5) is 0. The van der Waals surface area contributed by atoms with Gasteiger partial charge in [0.25, 0.3) is 0 Å². The minimum absolute atomic E-state index is 0.197. The van der Waals surface area contributed by atoms with Crippen LogP contribution in [0.25, 0.3) is 22.0 Å². The highest BCUT2D eigenvalue weighted by Gasteiger charge is 2.29. The van der Waals surface area contributed by atoms with Gasteiger partial charge in [0.15, 0.2) is 0 Å². The summed E-state index contributed by atoms with van der Waals surface area (Å²) in [5.41, 5.74) is 4.87. The van der Waals surface area contributed by atoms with Crippen molar-refractivity contribution in [3.8, 4) is 6.07 Å². The van der Waals surface area contributed by atoms with E-state index in [-0.39, 0.29) is 11.5 Å². The van der Waals surface area contributed by atoms with Gasteiger partial charge in [-0.25, -0.2) is 4.39 Å². The zero-order valence-corrected chi connectivity index (χ0v) is 16.7. The van der Waals surface area contributed by atoms with Crippen LogP contribution in [0, 0.1) is 29.0 Å². The highest BCUT2D eigenvalue weighted by atomic mass is 19.1. The average Bonchev–Trinajstić information content (AvgIpc) is 3.13. The SMILES string of the molecule is N#Cc1ccc(/C(=C(\c2ccccc2)c2ccc3n[nH]c(F)c3c2)C2CCC2)c(F)c1. The maximum Gasteiger partial charge on any atom is 0.216 e. The fraction of sp³-hybridized carbons (Fsp3) is 0.154. The zero-order chi connectivity index (χ0) is 21.4. The Balaban J connectivity index is 1.83. The number of rotatable bonds is 4. The first-order chi connectivity index (χ1) is 15.2. The zero-order valence-electron chi connectivity index (χ0n) is 16.7. The van der Waals surface area contributed by atoms with Crippen LogP contribution in [-0.2, 0) is 0 Å². The van der Waals surface area contributed by atoms with Crippen LogP contribution in [0.2, 0.25) is 0 Å². The third-order valence-corrected chi connectivity index (χ3v) is 6.03. The van der Waals surface area contributed by atoms with E-state index >= 15 is 4.39 Å². The molecule has 1 fully saturated rings. The van der Waals surface area contributed by atoms with E-state index in [1.807, 2.05) is 42.5 Å². The fourth-order valence-electron chi connectivity index (χ4n) is 4.28. The van der Waals surface area contributed by atoms with Crippen molar-refractivity contribution in [3.63, 3.8) is 0 Å². The largest absolute Gasteiger partial charge is 0.252 e. The van der Waals surface area contributed by atoms with Gasteiger partial charge in [-0.3, -0.25) is 5.10 Å². The van der Waals surface area contributed by atoms with Gasteiger partial charge >= 0.3 is 0 Å². The monoisotopic (exact) mass is 411 g/mol. The van der Waals surface area contributed by atoms with Crippen molar-refractivity contribution in [2.75, 3.05) is 0 Å². The molecular formula is C26H19F2N3. The summed E-state index contributed by atoms with van der Waals surface area (Å²) in [6, 6.07) is 21.9. The molecule has 1 aliphatic carbocycles. The van der Waals surface area contributed by atoms with Crippen LogP contribution in [0.3, 0.4) is 0 Å². The summed E-state index contributed by atoms with van der Waals surface area (Å²) >= 11 is 0. The number of benzene rings is 3. The molecule has 0 unspecified atom stereocenters. The Bertz CT molecular complexity index is 1340. The minimum Gasteiger partial charge on any atom is -0.252 e. The van der Waals surface area contributed by atoms with Crippen molar-refractivity contribution in [3.05, 3.63) is 101 Å². The number of nitrogens with zero attached hydrogens (tertiary/aromatic N) is 2. The first-order valence-corrected chi connectivity index (χ1v) is 10.3. The van der Waals surface area contributed by atoms with E-state index < -0.39 is 11.8 Å². The molecule has 4 aromatic rings. The lowest BCUT2D eigenvalue weighted by atomic mass is 9.73. The van der Waals surface area contributed by atoms with E-state index in [1.165, 1.54) is 6.07 Å². The summed E-state index contributed by atoms with van der Waals surface area (Å²) in [5, 5.41) is 15.9. The van der Waals surface area contributed by atoms with E-state index in [4.69, 9.17) is 5.26 Å². The second-order valence-corrected chi connectivity index (χ2v) is 7.86. The van der Waals surface area contributed by atoms with Crippen molar-refractivity contribution >= 4 is 22.0 Å². The van der Waals surface area contributed by atoms with Crippen LogP contribution < -0.4 is 0 Å². The number of nitriles is 1. The van der Waals surface area contributed by atoms with E-state index in [9.17, 15) is 4.39 Å². The summed E-state index contributed by atoms with van der Waals surface area (Å²) < 4.78 is 29.5. The summed E-state index contributed by atoms with van der Waals surface area (Å²) in [6.45, 7) is 0. The molecule has 3 nitrogen and oxygen atoms in total. The van der Waals surface area contributed by atoms with Crippen LogP contribution in [0.4, 0.5) is 8.78 Å². The predicted octanol–water partition coefficient (Wildman–Crippen LogP) is 6.47. The third-order valence-electron chi connectivity index (χ3n) is 6.03. The van der Waals surface area contributed by atoms with Crippen LogP contribution in [0.1, 0.15) is 41.5 Å². The van der Waals surface area contributed by atoms with Gasteiger partial charge in [0.2, 0.25) is 5.95 Å². The van der Waals surface area contributed by atoms with E-state index in [2.05, 4.69) is 10.2 Å². The predicted molar refractivity (Wildman–Crippen MR) is 117 cm³/mol. The first-order valence-electron chi connectivity index (χ1n) is 10.3. The normalized spacial score (nSPS) is 14.7. The number of hydrogen-bond donors (Lipinski definition) is 1. The Hall–Kier alpha value is -3.78. The number of H-pyrrole nitrogens is 1. The number of allylic oxidation sites excluding steroid dienone is 1. The Labute approximate surface area is 178 Å². The van der Waals surface area contributed by atoms with Crippen LogP contribution in [0.5, 0.6) is 0 Å². The number of halogens is 2. The molecule has 1 saturated carbocycles. The fourth-order valence-corrected chi connectivity index (χ4v) is 4.28. The lowest BCUT2D eigenvalue weighted by Crippen LogP contribution is -2.16. The molecule has 0 saturated heterocycles. The van der Waals surface area contributed by atoms with Gasteiger partial charge in [0, 0.05) is 5.56 Å². The van der Waals surface area contributed by atoms with Gasteiger partial charge in [0.1, 0.15) is 5.82 Å². The molecule has 0 bridgehead atoms. The summed E-state index contributed by atoms with van der Waals surface area (Å²) in [5.74, 6) is -0.702. The first kappa shape index (κ1) is 19.2. The van der Waals surface area contributed by atoms with Crippen LogP contribution in [-0.4, -0.2) is 10.2 Å². The quantitative estimate of drug-likeness (QED) is 0.391. The smallest absolute Gasteiger partial charge is 0.216 e. The lowest BCUT2D eigenvalue weighted by Gasteiger charge is -2.32. The average molecular weight is 411 g/mol. The Morgan fingerprint density at radius 1 is 0.968 bits per heavy atom. The van der Waals surface area contributed by atoms with Crippen molar-refractivity contribution in [2.45, 2.75) is 19.3 Å². The van der Waals surface area contributed by atoms with Crippen LogP contribution in [0.15, 0.2) is 66.7 Å². The molecule has 152 valence electrons. The molecule has 0 spiro atoms. The second-order valence-electron chi connectivity index (χ2n) is 7.86. The third kappa shape index (κ3) is 3.40. The number of nitrogens with one attached hydrogen (secondary N) is 1. The number of hydrogen-bond acceptors (Lipinski definition) is 2. The number of aromatic nitrogens is 2. The molecule has 0 aliphatic heterocycles. The van der Waals surface area contributed by atoms with Crippen molar-refractivity contribution < 1.29 is 8.78 Å². The van der Waals surface area contributed by atoms with E-state index in [0.29, 0.717) is 16.5 Å². The number of fused-ring (bicyclic) bond motifs is 1. The van der Waals surface area contributed by atoms with Gasteiger partial charge in [-0.05, 0) is 65.3 Å². The topological polar surface area (TPSA) is 52.5 Å². The second kappa shape index (κ2) is 7.81. The highest BCUT2D eigenvalue weighted by molar-refractivity contribution is 6.01. The van der Waals surface area contributed by atoms with E-state index in [0.717, 1.165) is 41.5 Å². The molecule has 5 heteroatoms. The molecule has 1 heterocycles. The van der Waals surface area contributed by atoms with Crippen molar-refractivity contribution in [1.82, 2.24) is 10.2 Å². The van der Waals surface area contributed by atoms with Gasteiger partial charge in [0.05, 0.1) is 22.5 Å². The minimum atomic E-state index is -0.487. The molecular weight excluding hydrogens is 392 g/mol. The van der Waals surface area contributed by atoms with Crippen LogP contribution >= 0.6 is 0 Å². The van der Waals surface area contributed by atoms with Crippen molar-refractivity contribution in [1.29, 1.82) is 5.26 Å².